The van der Waals surface area contributed by atoms with E-state index in [1.807, 2.05) is 0 Å². The molecule has 0 spiro atoms. The second-order valence-electron chi connectivity index (χ2n) is 4.60. The maximum absolute atomic E-state index is 12.5. The summed E-state index contributed by atoms with van der Waals surface area (Å²) in [6.45, 7) is 0.0767. The second kappa shape index (κ2) is 7.67. The molecule has 0 heterocycles. The number of benzene rings is 1. The van der Waals surface area contributed by atoms with Gasteiger partial charge in [0.25, 0.3) is 0 Å². The third-order valence-electron chi connectivity index (χ3n) is 2.91. The Bertz CT molecular complexity index is 513. The number of hydrogen-bond acceptors (Lipinski definition) is 3. The van der Waals surface area contributed by atoms with Gasteiger partial charge < -0.3 is 14.9 Å². The number of carbonyl (C=O) groups is 2. The summed E-state index contributed by atoms with van der Waals surface area (Å²) in [7, 11) is 0. The molecule has 0 fully saturated rings. The van der Waals surface area contributed by atoms with Crippen LogP contribution in [0.4, 0.5) is 13.2 Å². The molecule has 0 aliphatic carbocycles. The van der Waals surface area contributed by atoms with E-state index in [2.05, 4.69) is 0 Å². The monoisotopic (exact) mass is 320 g/mol. The zero-order chi connectivity index (χ0) is 16.8. The van der Waals surface area contributed by atoms with Crippen molar-refractivity contribution >= 4 is 11.9 Å². The normalized spacial score (nSPS) is 11.5. The Morgan fingerprint density at radius 3 is 2.32 bits per heavy atom. The van der Waals surface area contributed by atoms with Crippen LogP contribution >= 0.6 is 0 Å². The lowest BCUT2D eigenvalue weighted by Gasteiger charge is -2.10. The maximum Gasteiger partial charge on any atom is 0.416 e. The Kier molecular flexibility index (Phi) is 6.21. The minimum absolute atomic E-state index is 0.0582. The van der Waals surface area contributed by atoms with Gasteiger partial charge in [0.1, 0.15) is 5.75 Å². The molecule has 0 saturated carbocycles. The van der Waals surface area contributed by atoms with Crippen LogP contribution in [0.1, 0.15) is 24.8 Å². The smallest absolute Gasteiger partial charge is 0.416 e. The number of aliphatic carboxylic acids is 2. The zero-order valence-electron chi connectivity index (χ0n) is 11.5. The van der Waals surface area contributed by atoms with Crippen molar-refractivity contribution in [1.29, 1.82) is 0 Å². The van der Waals surface area contributed by atoms with E-state index >= 15 is 0 Å². The highest BCUT2D eigenvalue weighted by molar-refractivity contribution is 5.92. The molecule has 0 aliphatic heterocycles. The Balaban J connectivity index is 2.39. The number of ether oxygens (including phenoxy) is 1. The van der Waals surface area contributed by atoms with Gasteiger partial charge in [-0.05, 0) is 37.5 Å². The van der Waals surface area contributed by atoms with E-state index in [1.165, 1.54) is 12.1 Å². The van der Waals surface area contributed by atoms with Crippen LogP contribution in [0.5, 0.6) is 5.75 Å². The highest BCUT2D eigenvalue weighted by Gasteiger charge is 2.30. The molecule has 1 aromatic carbocycles. The summed E-state index contributed by atoms with van der Waals surface area (Å²) >= 11 is 0. The summed E-state index contributed by atoms with van der Waals surface area (Å²) in [6, 6.07) is 4.41. The fourth-order valence-corrected chi connectivity index (χ4v) is 1.76. The van der Waals surface area contributed by atoms with Crippen LogP contribution in [0.2, 0.25) is 0 Å². The van der Waals surface area contributed by atoms with Crippen LogP contribution in [0.15, 0.2) is 24.3 Å². The number of alkyl halides is 3. The zero-order valence-corrected chi connectivity index (χ0v) is 11.5. The van der Waals surface area contributed by atoms with Crippen LogP contribution in [-0.2, 0) is 15.8 Å². The first-order valence-corrected chi connectivity index (χ1v) is 6.47. The van der Waals surface area contributed by atoms with E-state index in [0.717, 1.165) is 12.1 Å². The molecule has 1 aromatic rings. The molecule has 22 heavy (non-hydrogen) atoms. The van der Waals surface area contributed by atoms with Crippen molar-refractivity contribution in [2.75, 3.05) is 6.61 Å². The average Bonchev–Trinajstić information content (AvgIpc) is 2.41. The predicted octanol–water partition coefficient (Wildman–Crippen LogP) is 3.04. The summed E-state index contributed by atoms with van der Waals surface area (Å²) in [4.78, 5) is 21.3. The Morgan fingerprint density at radius 2 is 1.77 bits per heavy atom. The molecule has 0 unspecified atom stereocenters. The first kappa shape index (κ1) is 17.8. The summed E-state index contributed by atoms with van der Waals surface area (Å²) in [5.41, 5.74) is -0.818. The largest absolute Gasteiger partial charge is 0.494 e. The molecule has 122 valence electrons. The van der Waals surface area contributed by atoms with Crippen LogP contribution in [0.3, 0.4) is 0 Å². The molecule has 2 N–H and O–H groups in total. The number of unbranched alkanes of at least 4 members (excludes halogenated alkanes) is 1. The summed E-state index contributed by atoms with van der Waals surface area (Å²) in [5.74, 6) is -4.24. The number of carboxylic acid groups (broad SMARTS) is 2. The first-order chi connectivity index (χ1) is 10.2. The van der Waals surface area contributed by atoms with Crippen molar-refractivity contribution < 1.29 is 37.7 Å². The van der Waals surface area contributed by atoms with E-state index in [9.17, 15) is 22.8 Å². The van der Waals surface area contributed by atoms with Gasteiger partial charge in [-0.15, -0.1) is 0 Å². The molecule has 0 amide bonds. The van der Waals surface area contributed by atoms with E-state index in [1.54, 1.807) is 0 Å². The van der Waals surface area contributed by atoms with Gasteiger partial charge in [-0.3, -0.25) is 9.59 Å². The quantitative estimate of drug-likeness (QED) is 0.568. The minimum Gasteiger partial charge on any atom is -0.494 e. The van der Waals surface area contributed by atoms with E-state index in [0.29, 0.717) is 6.42 Å². The van der Waals surface area contributed by atoms with Crippen LogP contribution in [-0.4, -0.2) is 28.8 Å². The average molecular weight is 320 g/mol. The number of halogens is 3. The minimum atomic E-state index is -4.45. The molecule has 0 atom stereocenters. The van der Waals surface area contributed by atoms with Gasteiger partial charge >= 0.3 is 18.1 Å². The molecule has 0 saturated heterocycles. The number of hydrogen-bond donors (Lipinski definition) is 2. The van der Waals surface area contributed by atoms with Gasteiger partial charge in [0.2, 0.25) is 0 Å². The molecule has 8 heteroatoms. The van der Waals surface area contributed by atoms with Crippen molar-refractivity contribution in [3.05, 3.63) is 29.8 Å². The molecule has 1 rings (SSSR count). The highest BCUT2D eigenvalue weighted by atomic mass is 19.4. The predicted molar refractivity (Wildman–Crippen MR) is 69.6 cm³/mol. The molecule has 0 aromatic heterocycles. The van der Waals surface area contributed by atoms with Gasteiger partial charge in [-0.1, -0.05) is 6.07 Å². The van der Waals surface area contributed by atoms with Crippen molar-refractivity contribution in [1.82, 2.24) is 0 Å². The van der Waals surface area contributed by atoms with Gasteiger partial charge in [-0.25, -0.2) is 0 Å². The Labute approximate surface area is 124 Å². The second-order valence-corrected chi connectivity index (χ2v) is 4.60. The van der Waals surface area contributed by atoms with Crippen molar-refractivity contribution in [2.45, 2.75) is 25.4 Å². The lowest BCUT2D eigenvalue weighted by Crippen LogP contribution is -2.23. The van der Waals surface area contributed by atoms with E-state index in [-0.39, 0.29) is 25.2 Å². The van der Waals surface area contributed by atoms with E-state index in [4.69, 9.17) is 14.9 Å². The molecule has 0 aliphatic rings. The molecule has 0 bridgehead atoms. The molecule has 5 nitrogen and oxygen atoms in total. The Hall–Kier alpha value is -2.25. The lowest BCUT2D eigenvalue weighted by molar-refractivity contribution is -0.154. The third kappa shape index (κ3) is 5.63. The van der Waals surface area contributed by atoms with Gasteiger partial charge in [0.05, 0.1) is 12.2 Å². The van der Waals surface area contributed by atoms with Crippen LogP contribution in [0, 0.1) is 5.92 Å². The standard InChI is InChI=1S/C14H15F3O5/c15-14(16,17)9-4-3-5-10(8-9)22-7-2-1-6-11(12(18)19)13(20)21/h3-5,8,11H,1-2,6-7H2,(H,18,19)(H,20,21). The topological polar surface area (TPSA) is 83.8 Å². The van der Waals surface area contributed by atoms with Crippen molar-refractivity contribution in [2.24, 2.45) is 5.92 Å². The highest BCUT2D eigenvalue weighted by Crippen LogP contribution is 2.31. The molecular weight excluding hydrogens is 305 g/mol. The fourth-order valence-electron chi connectivity index (χ4n) is 1.76. The maximum atomic E-state index is 12.5. The van der Waals surface area contributed by atoms with Crippen molar-refractivity contribution in [3.8, 4) is 5.75 Å². The van der Waals surface area contributed by atoms with Gasteiger partial charge in [0.15, 0.2) is 5.92 Å². The number of rotatable bonds is 8. The molecule has 0 radical (unpaired) electrons. The summed E-state index contributed by atoms with van der Waals surface area (Å²) in [5, 5.41) is 17.3. The first-order valence-electron chi connectivity index (χ1n) is 6.47. The van der Waals surface area contributed by atoms with E-state index < -0.39 is 29.6 Å². The SMILES string of the molecule is O=C(O)C(CCCCOc1cccc(C(F)(F)F)c1)C(=O)O. The summed E-state index contributed by atoms with van der Waals surface area (Å²) < 4.78 is 42.6. The number of carboxylic acids is 2. The van der Waals surface area contributed by atoms with Crippen LogP contribution < -0.4 is 4.74 Å². The summed E-state index contributed by atoms with van der Waals surface area (Å²) in [6.07, 6.45) is -3.89. The Morgan fingerprint density at radius 1 is 1.14 bits per heavy atom. The lowest BCUT2D eigenvalue weighted by atomic mass is 10.0. The van der Waals surface area contributed by atoms with Gasteiger partial charge in [0, 0.05) is 0 Å². The molecular formula is C14H15F3O5. The van der Waals surface area contributed by atoms with Crippen LogP contribution in [0.25, 0.3) is 0 Å². The fraction of sp³-hybridized carbons (Fsp3) is 0.429. The van der Waals surface area contributed by atoms with Crippen molar-refractivity contribution in [3.63, 3.8) is 0 Å². The van der Waals surface area contributed by atoms with Gasteiger partial charge in [-0.2, -0.15) is 13.2 Å². The third-order valence-corrected chi connectivity index (χ3v) is 2.91.